The minimum absolute atomic E-state index is 0.170. The van der Waals surface area contributed by atoms with Crippen LogP contribution in [0.15, 0.2) is 72.0 Å². The molecule has 0 saturated heterocycles. The number of thiazole rings is 1. The van der Waals surface area contributed by atoms with Gasteiger partial charge in [-0.2, -0.15) is 0 Å². The van der Waals surface area contributed by atoms with Crippen molar-refractivity contribution in [1.82, 2.24) is 4.98 Å². The van der Waals surface area contributed by atoms with E-state index in [1.165, 1.54) is 28.7 Å². The van der Waals surface area contributed by atoms with Crippen LogP contribution in [0.1, 0.15) is 11.1 Å². The molecule has 0 unspecified atom stereocenters. The Balaban J connectivity index is 1.42. The number of amides is 1. The van der Waals surface area contributed by atoms with Gasteiger partial charge >= 0.3 is 0 Å². The van der Waals surface area contributed by atoms with E-state index in [1.54, 1.807) is 0 Å². The van der Waals surface area contributed by atoms with Gasteiger partial charge in [-0.15, -0.1) is 11.3 Å². The van der Waals surface area contributed by atoms with Crippen LogP contribution in [0.3, 0.4) is 0 Å². The van der Waals surface area contributed by atoms with Crippen molar-refractivity contribution in [2.75, 3.05) is 18.5 Å². The fraction of sp³-hybridized carbons (Fsp3) is 0.143. The van der Waals surface area contributed by atoms with Gasteiger partial charge in [-0.3, -0.25) is 10.1 Å². The summed E-state index contributed by atoms with van der Waals surface area (Å²) in [5, 5.41) is 5.19. The molecule has 0 bridgehead atoms. The quantitative estimate of drug-likeness (QED) is 0.722. The average molecular weight is 378 g/mol. The number of nitrogens with one attached hydrogen (secondary N) is 1. The Morgan fingerprint density at radius 2 is 1.81 bits per heavy atom. The van der Waals surface area contributed by atoms with Crippen molar-refractivity contribution in [2.24, 2.45) is 0 Å². The van der Waals surface area contributed by atoms with Gasteiger partial charge in [0.05, 0.1) is 5.69 Å². The number of carbonyl (C=O) groups is 1. The van der Waals surface area contributed by atoms with Gasteiger partial charge in [0, 0.05) is 10.9 Å². The summed E-state index contributed by atoms with van der Waals surface area (Å²) in [7, 11) is 0. The van der Waals surface area contributed by atoms with Crippen LogP contribution in [-0.4, -0.2) is 24.1 Å². The van der Waals surface area contributed by atoms with Crippen molar-refractivity contribution >= 4 is 22.4 Å². The van der Waals surface area contributed by atoms with Gasteiger partial charge < -0.3 is 9.47 Å². The molecule has 1 aromatic heterocycles. The standard InChI is InChI=1S/C21H18N2O3S/c24-20(19-13-25-10-11-26-19)23-21-22-18(14-27-21)17-8-6-16(7-9-17)12-15-4-2-1-3-5-15/h1-9,13-14H,10-12H2,(H,22,23,24). The van der Waals surface area contributed by atoms with Crippen molar-refractivity contribution in [3.63, 3.8) is 0 Å². The first kappa shape index (κ1) is 17.3. The lowest BCUT2D eigenvalue weighted by molar-refractivity contribution is -0.117. The zero-order valence-corrected chi connectivity index (χ0v) is 15.4. The fourth-order valence-electron chi connectivity index (χ4n) is 2.73. The molecule has 2 aromatic carbocycles. The molecule has 1 amide bonds. The summed E-state index contributed by atoms with van der Waals surface area (Å²) in [6.45, 7) is 0.830. The molecule has 1 N–H and O–H groups in total. The third kappa shape index (κ3) is 4.35. The Morgan fingerprint density at radius 3 is 2.56 bits per heavy atom. The van der Waals surface area contributed by atoms with Crippen molar-refractivity contribution in [1.29, 1.82) is 0 Å². The number of aromatic nitrogens is 1. The van der Waals surface area contributed by atoms with Gasteiger partial charge in [-0.1, -0.05) is 54.6 Å². The SMILES string of the molecule is O=C(Nc1nc(-c2ccc(Cc3ccccc3)cc2)cs1)C1=COCCO1. The number of hydrogen-bond donors (Lipinski definition) is 1. The highest BCUT2D eigenvalue weighted by Crippen LogP contribution is 2.26. The summed E-state index contributed by atoms with van der Waals surface area (Å²) in [6, 6.07) is 18.7. The number of ether oxygens (including phenoxy) is 2. The van der Waals surface area contributed by atoms with Crippen molar-refractivity contribution in [2.45, 2.75) is 6.42 Å². The Bertz CT molecular complexity index is 949. The lowest BCUT2D eigenvalue weighted by Crippen LogP contribution is -2.21. The van der Waals surface area contributed by atoms with Crippen molar-refractivity contribution < 1.29 is 14.3 Å². The number of carbonyl (C=O) groups excluding carboxylic acids is 1. The van der Waals surface area contributed by atoms with E-state index in [-0.39, 0.29) is 11.7 Å². The average Bonchev–Trinajstić information content (AvgIpc) is 3.18. The van der Waals surface area contributed by atoms with E-state index in [2.05, 4.69) is 58.8 Å². The topological polar surface area (TPSA) is 60.5 Å². The molecule has 136 valence electrons. The van der Waals surface area contributed by atoms with E-state index in [1.807, 2.05) is 11.4 Å². The minimum atomic E-state index is -0.353. The van der Waals surface area contributed by atoms with Crippen LogP contribution in [0.4, 0.5) is 5.13 Å². The molecule has 6 heteroatoms. The monoisotopic (exact) mass is 378 g/mol. The molecule has 5 nitrogen and oxygen atoms in total. The second-order valence-corrected chi connectivity index (χ2v) is 6.91. The largest absolute Gasteiger partial charge is 0.494 e. The molecule has 0 radical (unpaired) electrons. The van der Waals surface area contributed by atoms with Gasteiger partial charge in [0.2, 0.25) is 5.76 Å². The maximum Gasteiger partial charge on any atom is 0.295 e. The summed E-state index contributed by atoms with van der Waals surface area (Å²) < 4.78 is 10.4. The zero-order valence-electron chi connectivity index (χ0n) is 14.6. The molecule has 1 aliphatic heterocycles. The Morgan fingerprint density at radius 1 is 1.04 bits per heavy atom. The lowest BCUT2D eigenvalue weighted by atomic mass is 10.0. The number of benzene rings is 2. The molecule has 0 fully saturated rings. The molecule has 2 heterocycles. The predicted octanol–water partition coefficient (Wildman–Crippen LogP) is 4.23. The highest BCUT2D eigenvalue weighted by Gasteiger charge is 2.16. The molecule has 0 spiro atoms. The molecular weight excluding hydrogens is 360 g/mol. The smallest absolute Gasteiger partial charge is 0.295 e. The van der Waals surface area contributed by atoms with Gasteiger partial charge in [0.1, 0.15) is 19.5 Å². The normalized spacial score (nSPS) is 13.3. The lowest BCUT2D eigenvalue weighted by Gasteiger charge is -2.14. The van der Waals surface area contributed by atoms with Gasteiger partial charge in [-0.05, 0) is 17.5 Å². The van der Waals surface area contributed by atoms with Crippen LogP contribution < -0.4 is 5.32 Å². The number of anilines is 1. The maximum absolute atomic E-state index is 12.1. The van der Waals surface area contributed by atoms with Crippen LogP contribution in [0.5, 0.6) is 0 Å². The number of hydrogen-bond acceptors (Lipinski definition) is 5. The number of rotatable bonds is 5. The molecule has 3 aromatic rings. The van der Waals surface area contributed by atoms with Gasteiger partial charge in [0.25, 0.3) is 5.91 Å². The predicted molar refractivity (Wildman–Crippen MR) is 105 cm³/mol. The second kappa shape index (κ2) is 8.05. The van der Waals surface area contributed by atoms with Crippen LogP contribution in [-0.2, 0) is 20.7 Å². The Kier molecular flexibility index (Phi) is 5.16. The summed E-state index contributed by atoms with van der Waals surface area (Å²) >= 11 is 1.38. The van der Waals surface area contributed by atoms with Crippen LogP contribution in [0, 0.1) is 0 Å². The summed E-state index contributed by atoms with van der Waals surface area (Å²) in [6.07, 6.45) is 2.23. The van der Waals surface area contributed by atoms with E-state index in [9.17, 15) is 4.79 Å². The van der Waals surface area contributed by atoms with Crippen molar-refractivity contribution in [3.05, 3.63) is 83.1 Å². The molecule has 0 saturated carbocycles. The zero-order chi connectivity index (χ0) is 18.5. The molecule has 27 heavy (non-hydrogen) atoms. The van der Waals surface area contributed by atoms with E-state index in [0.29, 0.717) is 18.3 Å². The van der Waals surface area contributed by atoms with E-state index >= 15 is 0 Å². The fourth-order valence-corrected chi connectivity index (χ4v) is 3.45. The van der Waals surface area contributed by atoms with E-state index < -0.39 is 0 Å². The van der Waals surface area contributed by atoms with Crippen LogP contribution in [0.25, 0.3) is 11.3 Å². The molecule has 0 atom stereocenters. The highest BCUT2D eigenvalue weighted by atomic mass is 32.1. The summed E-state index contributed by atoms with van der Waals surface area (Å²) in [5.41, 5.74) is 4.37. The Hall–Kier alpha value is -3.12. The highest BCUT2D eigenvalue weighted by molar-refractivity contribution is 7.14. The third-order valence-corrected chi connectivity index (χ3v) is 4.86. The molecular formula is C21H18N2O3S. The second-order valence-electron chi connectivity index (χ2n) is 6.05. The first-order valence-electron chi connectivity index (χ1n) is 8.62. The molecule has 4 rings (SSSR count). The first-order valence-corrected chi connectivity index (χ1v) is 9.50. The third-order valence-electron chi connectivity index (χ3n) is 4.10. The van der Waals surface area contributed by atoms with Crippen LogP contribution in [0.2, 0.25) is 0 Å². The number of nitrogens with zero attached hydrogens (tertiary/aromatic N) is 1. The van der Waals surface area contributed by atoms with E-state index in [4.69, 9.17) is 9.47 Å². The van der Waals surface area contributed by atoms with E-state index in [0.717, 1.165) is 17.7 Å². The summed E-state index contributed by atoms with van der Waals surface area (Å²) in [5.74, 6) is -0.183. The first-order chi connectivity index (χ1) is 13.3. The maximum atomic E-state index is 12.1. The molecule has 0 aliphatic carbocycles. The molecule has 1 aliphatic rings. The van der Waals surface area contributed by atoms with Crippen LogP contribution >= 0.6 is 11.3 Å². The minimum Gasteiger partial charge on any atom is -0.494 e. The van der Waals surface area contributed by atoms with Crippen molar-refractivity contribution in [3.8, 4) is 11.3 Å². The summed E-state index contributed by atoms with van der Waals surface area (Å²) in [4.78, 5) is 16.6. The Labute approximate surface area is 161 Å². The van der Waals surface area contributed by atoms with Gasteiger partial charge in [0.15, 0.2) is 5.13 Å². The van der Waals surface area contributed by atoms with Gasteiger partial charge in [-0.25, -0.2) is 4.98 Å².